The molecule has 25 heavy (non-hydrogen) atoms. The van der Waals surface area contributed by atoms with Gasteiger partial charge in [0.15, 0.2) is 17.7 Å². The number of methoxy groups -OCH3 is 1. The first-order valence-electron chi connectivity index (χ1n) is 7.91. The van der Waals surface area contributed by atoms with Crippen LogP contribution in [0.1, 0.15) is 11.1 Å². The van der Waals surface area contributed by atoms with Crippen LogP contribution in [0.2, 0.25) is 0 Å². The van der Waals surface area contributed by atoms with Gasteiger partial charge in [0.05, 0.1) is 7.11 Å². The van der Waals surface area contributed by atoms with Crippen molar-refractivity contribution in [3.63, 3.8) is 0 Å². The fraction of sp³-hybridized carbons (Fsp3) is 0.150. The summed E-state index contributed by atoms with van der Waals surface area (Å²) in [5, 5.41) is 12.4. The lowest BCUT2D eigenvalue weighted by Crippen LogP contribution is -2.27. The number of pyridine rings is 1. The summed E-state index contributed by atoms with van der Waals surface area (Å²) >= 11 is 1.49. The number of rotatable bonds is 7. The van der Waals surface area contributed by atoms with Gasteiger partial charge in [-0.2, -0.15) is 4.73 Å². The fourth-order valence-corrected chi connectivity index (χ4v) is 3.20. The Hall–Kier alpha value is -2.66. The average Bonchev–Trinajstić information content (AvgIpc) is 2.67. The number of nitrogens with zero attached hydrogens (tertiary/aromatic N) is 1. The molecule has 0 atom stereocenters. The molecule has 3 aromatic rings. The summed E-state index contributed by atoms with van der Waals surface area (Å²) in [4.78, 5) is 0. The molecule has 0 aliphatic rings. The molecule has 0 N–H and O–H groups in total. The molecule has 1 heterocycles. The summed E-state index contributed by atoms with van der Waals surface area (Å²) in [6.45, 7) is 0.492. The third-order valence-corrected chi connectivity index (χ3v) is 4.73. The first kappa shape index (κ1) is 17.2. The summed E-state index contributed by atoms with van der Waals surface area (Å²) in [5.74, 6) is 2.08. The van der Waals surface area contributed by atoms with E-state index < -0.39 is 0 Å². The molecule has 0 spiro atoms. The van der Waals surface area contributed by atoms with E-state index >= 15 is 0 Å². The van der Waals surface area contributed by atoms with E-state index in [2.05, 4.69) is 0 Å². The van der Waals surface area contributed by atoms with Crippen LogP contribution in [0.4, 0.5) is 0 Å². The van der Waals surface area contributed by atoms with E-state index in [-0.39, 0.29) is 0 Å². The van der Waals surface area contributed by atoms with Crippen molar-refractivity contribution in [1.82, 2.24) is 0 Å². The second-order valence-corrected chi connectivity index (χ2v) is 6.41. The van der Waals surface area contributed by atoms with Crippen LogP contribution in [0, 0.1) is 5.21 Å². The zero-order valence-corrected chi connectivity index (χ0v) is 14.7. The molecule has 3 rings (SSSR count). The van der Waals surface area contributed by atoms with Gasteiger partial charge in [-0.1, -0.05) is 48.2 Å². The van der Waals surface area contributed by atoms with E-state index in [1.807, 2.05) is 60.7 Å². The molecule has 0 saturated carbocycles. The predicted molar refractivity (Wildman–Crippen MR) is 98.7 cm³/mol. The quantitative estimate of drug-likeness (QED) is 0.363. The maximum atomic E-state index is 11.7. The number of aromatic nitrogens is 1. The Morgan fingerprint density at radius 3 is 2.48 bits per heavy atom. The van der Waals surface area contributed by atoms with Crippen molar-refractivity contribution in [3.8, 4) is 11.5 Å². The van der Waals surface area contributed by atoms with Crippen LogP contribution in [0.3, 0.4) is 0 Å². The van der Waals surface area contributed by atoms with Crippen LogP contribution in [0.5, 0.6) is 11.5 Å². The lowest BCUT2D eigenvalue weighted by atomic mass is 10.2. The molecule has 1 aromatic heterocycles. The maximum Gasteiger partial charge on any atom is 0.251 e. The van der Waals surface area contributed by atoms with Gasteiger partial charge in [-0.3, -0.25) is 0 Å². The highest BCUT2D eigenvalue weighted by atomic mass is 32.2. The molecule has 2 aromatic carbocycles. The Labute approximate surface area is 151 Å². The van der Waals surface area contributed by atoms with Gasteiger partial charge in [0.1, 0.15) is 6.61 Å². The lowest BCUT2D eigenvalue weighted by molar-refractivity contribution is -0.645. The van der Waals surface area contributed by atoms with Crippen molar-refractivity contribution in [2.45, 2.75) is 17.4 Å². The molecule has 0 bridgehead atoms. The van der Waals surface area contributed by atoms with Gasteiger partial charge in [0.2, 0.25) is 0 Å². The van der Waals surface area contributed by atoms with Crippen molar-refractivity contribution >= 4 is 11.8 Å². The maximum absolute atomic E-state index is 11.7. The van der Waals surface area contributed by atoms with Crippen molar-refractivity contribution in [2.75, 3.05) is 7.11 Å². The third kappa shape index (κ3) is 4.67. The van der Waals surface area contributed by atoms with Crippen molar-refractivity contribution in [2.24, 2.45) is 0 Å². The third-order valence-electron chi connectivity index (χ3n) is 3.64. The van der Waals surface area contributed by atoms with Crippen molar-refractivity contribution in [3.05, 3.63) is 89.3 Å². The molecular weight excluding hydrogens is 334 g/mol. The Morgan fingerprint density at radius 1 is 0.920 bits per heavy atom. The van der Waals surface area contributed by atoms with Crippen molar-refractivity contribution < 1.29 is 14.2 Å². The molecule has 0 saturated heterocycles. The van der Waals surface area contributed by atoms with E-state index in [0.29, 0.717) is 28.9 Å². The van der Waals surface area contributed by atoms with Gasteiger partial charge in [-0.05, 0) is 29.3 Å². The van der Waals surface area contributed by atoms with Crippen LogP contribution in [0.15, 0.2) is 78.0 Å². The van der Waals surface area contributed by atoms with Gasteiger partial charge >= 0.3 is 0 Å². The molecule has 4 nitrogen and oxygen atoms in total. The molecule has 0 radical (unpaired) electrons. The Kier molecular flexibility index (Phi) is 5.80. The minimum absolute atomic E-state index is 0.492. The fourth-order valence-electron chi connectivity index (χ4n) is 2.34. The highest BCUT2D eigenvalue weighted by Crippen LogP contribution is 2.31. The molecule has 0 fully saturated rings. The molecule has 0 aliphatic carbocycles. The van der Waals surface area contributed by atoms with Gasteiger partial charge in [0.25, 0.3) is 5.03 Å². The molecule has 0 unspecified atom stereocenters. The summed E-state index contributed by atoms with van der Waals surface area (Å²) < 4.78 is 12.2. The number of hydrogen-bond acceptors (Lipinski definition) is 4. The summed E-state index contributed by atoms with van der Waals surface area (Å²) in [7, 11) is 1.63. The predicted octanol–water partition coefficient (Wildman–Crippen LogP) is 4.20. The lowest BCUT2D eigenvalue weighted by Gasteiger charge is -2.12. The van der Waals surface area contributed by atoms with E-state index in [1.54, 1.807) is 13.2 Å². The zero-order chi connectivity index (χ0) is 17.5. The summed E-state index contributed by atoms with van der Waals surface area (Å²) in [5.41, 5.74) is 2.17. The van der Waals surface area contributed by atoms with Crippen LogP contribution < -0.4 is 14.2 Å². The molecule has 5 heteroatoms. The minimum atomic E-state index is 0.492. The molecule has 0 amide bonds. The molecule has 0 aliphatic heterocycles. The van der Waals surface area contributed by atoms with Gasteiger partial charge in [0, 0.05) is 17.9 Å². The Bertz CT molecular complexity index is 824. The van der Waals surface area contributed by atoms with Crippen LogP contribution in [-0.4, -0.2) is 7.11 Å². The normalized spacial score (nSPS) is 10.4. The number of benzene rings is 2. The van der Waals surface area contributed by atoms with E-state index in [1.165, 1.54) is 18.0 Å². The van der Waals surface area contributed by atoms with Crippen LogP contribution in [-0.2, 0) is 12.4 Å². The van der Waals surface area contributed by atoms with E-state index in [9.17, 15) is 5.21 Å². The first-order valence-corrected chi connectivity index (χ1v) is 8.89. The zero-order valence-electron chi connectivity index (χ0n) is 13.9. The van der Waals surface area contributed by atoms with Crippen LogP contribution >= 0.6 is 11.8 Å². The minimum Gasteiger partial charge on any atom is -0.618 e. The largest absolute Gasteiger partial charge is 0.618 e. The van der Waals surface area contributed by atoms with Crippen molar-refractivity contribution in [1.29, 1.82) is 0 Å². The highest BCUT2D eigenvalue weighted by molar-refractivity contribution is 7.98. The first-order chi connectivity index (χ1) is 12.3. The summed E-state index contributed by atoms with van der Waals surface area (Å²) in [6, 6.07) is 21.3. The average molecular weight is 353 g/mol. The standard InChI is InChI=1S/C20H19NO3S/c1-23-19-13-17(15-25-20-9-5-6-12-21(20)22)10-11-18(19)24-14-16-7-3-2-4-8-16/h2-13H,14-15H2,1H3. The number of thioether (sulfide) groups is 1. The molecular formula is C20H19NO3S. The SMILES string of the molecule is COc1cc(CSc2cccc[n+]2[O-])ccc1OCc1ccccc1. The monoisotopic (exact) mass is 353 g/mol. The highest BCUT2D eigenvalue weighted by Gasteiger charge is 2.09. The van der Waals surface area contributed by atoms with E-state index in [4.69, 9.17) is 9.47 Å². The smallest absolute Gasteiger partial charge is 0.251 e. The number of hydrogen-bond donors (Lipinski definition) is 0. The Morgan fingerprint density at radius 2 is 1.72 bits per heavy atom. The van der Waals surface area contributed by atoms with E-state index in [0.717, 1.165) is 15.9 Å². The van der Waals surface area contributed by atoms with Gasteiger partial charge in [-0.15, -0.1) is 0 Å². The van der Waals surface area contributed by atoms with Gasteiger partial charge < -0.3 is 14.7 Å². The van der Waals surface area contributed by atoms with Crippen LogP contribution in [0.25, 0.3) is 0 Å². The van der Waals surface area contributed by atoms with Gasteiger partial charge in [-0.25, -0.2) is 0 Å². The topological polar surface area (TPSA) is 45.4 Å². The summed E-state index contributed by atoms with van der Waals surface area (Å²) in [6.07, 6.45) is 1.50. The molecule has 128 valence electrons. The second kappa shape index (κ2) is 8.44. The Balaban J connectivity index is 1.66. The number of ether oxygens (including phenoxy) is 2. The second-order valence-electron chi connectivity index (χ2n) is 5.41.